The van der Waals surface area contributed by atoms with Crippen molar-refractivity contribution in [2.24, 2.45) is 0 Å². The van der Waals surface area contributed by atoms with Crippen molar-refractivity contribution in [3.63, 3.8) is 0 Å². The second-order valence-corrected chi connectivity index (χ2v) is 5.99. The summed E-state index contributed by atoms with van der Waals surface area (Å²) in [5.41, 5.74) is 8.17. The lowest BCUT2D eigenvalue weighted by Gasteiger charge is -2.20. The highest BCUT2D eigenvalue weighted by Crippen LogP contribution is 2.39. The molecule has 0 fully saturated rings. The first-order valence-electron chi connectivity index (χ1n) is 6.04. The molecule has 0 atom stereocenters. The standard InChI is InChI=1S/C14H12ClIN2O2/c15-9-5-8(16)1-2-11(9)18-12-7-14-13(6-10(12)17)19-3-4-20-14/h1-2,5-7,18H,3-4,17H2. The van der Waals surface area contributed by atoms with Gasteiger partial charge in [0.25, 0.3) is 0 Å². The molecule has 104 valence electrons. The molecule has 1 aliphatic heterocycles. The molecule has 1 heterocycles. The molecule has 20 heavy (non-hydrogen) atoms. The van der Waals surface area contributed by atoms with Crippen molar-refractivity contribution in [1.29, 1.82) is 0 Å². The maximum atomic E-state index is 6.21. The molecule has 1 aliphatic rings. The van der Waals surface area contributed by atoms with Crippen LogP contribution in [0.3, 0.4) is 0 Å². The molecule has 4 nitrogen and oxygen atoms in total. The summed E-state index contributed by atoms with van der Waals surface area (Å²) in [6.07, 6.45) is 0. The summed E-state index contributed by atoms with van der Waals surface area (Å²) in [5, 5.41) is 3.87. The Morgan fingerprint density at radius 2 is 1.75 bits per heavy atom. The van der Waals surface area contributed by atoms with E-state index in [9.17, 15) is 0 Å². The van der Waals surface area contributed by atoms with Gasteiger partial charge in [0.1, 0.15) is 13.2 Å². The summed E-state index contributed by atoms with van der Waals surface area (Å²) in [7, 11) is 0. The SMILES string of the molecule is Nc1cc2c(cc1Nc1ccc(I)cc1Cl)OCCO2. The fourth-order valence-electron chi connectivity index (χ4n) is 1.95. The minimum Gasteiger partial charge on any atom is -0.486 e. The molecular weight excluding hydrogens is 391 g/mol. The van der Waals surface area contributed by atoms with Crippen LogP contribution in [0.1, 0.15) is 0 Å². The second kappa shape index (κ2) is 5.57. The Bertz CT molecular complexity index is 664. The number of nitrogens with one attached hydrogen (secondary N) is 1. The number of hydrogen-bond acceptors (Lipinski definition) is 4. The van der Waals surface area contributed by atoms with Gasteiger partial charge in [-0.2, -0.15) is 0 Å². The summed E-state index contributed by atoms with van der Waals surface area (Å²) in [4.78, 5) is 0. The first-order chi connectivity index (χ1) is 9.63. The van der Waals surface area contributed by atoms with Gasteiger partial charge in [-0.15, -0.1) is 0 Å². The van der Waals surface area contributed by atoms with E-state index in [0.29, 0.717) is 35.4 Å². The topological polar surface area (TPSA) is 56.5 Å². The zero-order chi connectivity index (χ0) is 14.1. The van der Waals surface area contributed by atoms with Crippen LogP contribution in [0.15, 0.2) is 30.3 Å². The van der Waals surface area contributed by atoms with Crippen molar-refractivity contribution in [1.82, 2.24) is 0 Å². The third-order valence-corrected chi connectivity index (χ3v) is 3.90. The van der Waals surface area contributed by atoms with E-state index in [2.05, 4.69) is 27.9 Å². The minimum absolute atomic E-state index is 0.542. The molecule has 3 rings (SSSR count). The van der Waals surface area contributed by atoms with Crippen molar-refractivity contribution < 1.29 is 9.47 Å². The van der Waals surface area contributed by atoms with Crippen LogP contribution in [0.4, 0.5) is 17.1 Å². The monoisotopic (exact) mass is 402 g/mol. The van der Waals surface area contributed by atoms with E-state index in [1.165, 1.54) is 0 Å². The molecule has 6 heteroatoms. The van der Waals surface area contributed by atoms with Crippen LogP contribution in [0.2, 0.25) is 5.02 Å². The van der Waals surface area contributed by atoms with Crippen molar-refractivity contribution in [2.45, 2.75) is 0 Å². The lowest BCUT2D eigenvalue weighted by atomic mass is 10.2. The molecule has 0 unspecified atom stereocenters. The van der Waals surface area contributed by atoms with Crippen molar-refractivity contribution >= 4 is 51.3 Å². The van der Waals surface area contributed by atoms with Gasteiger partial charge in [-0.05, 0) is 40.8 Å². The van der Waals surface area contributed by atoms with E-state index in [1.54, 1.807) is 6.07 Å². The smallest absolute Gasteiger partial charge is 0.163 e. The molecule has 0 aromatic heterocycles. The van der Waals surface area contributed by atoms with Crippen molar-refractivity contribution in [3.05, 3.63) is 38.9 Å². The zero-order valence-electron chi connectivity index (χ0n) is 10.5. The van der Waals surface area contributed by atoms with Crippen LogP contribution in [-0.2, 0) is 0 Å². The molecule has 0 aliphatic carbocycles. The van der Waals surface area contributed by atoms with E-state index >= 15 is 0 Å². The van der Waals surface area contributed by atoms with Gasteiger partial charge in [0.05, 0.1) is 22.1 Å². The van der Waals surface area contributed by atoms with Crippen LogP contribution in [-0.4, -0.2) is 13.2 Å². The third-order valence-electron chi connectivity index (χ3n) is 2.91. The van der Waals surface area contributed by atoms with Gasteiger partial charge < -0.3 is 20.5 Å². The highest BCUT2D eigenvalue weighted by molar-refractivity contribution is 14.1. The van der Waals surface area contributed by atoms with Gasteiger partial charge in [-0.1, -0.05) is 11.6 Å². The molecule has 2 aromatic rings. The van der Waals surface area contributed by atoms with Crippen LogP contribution < -0.4 is 20.5 Å². The molecule has 0 amide bonds. The summed E-state index contributed by atoms with van der Waals surface area (Å²) in [6.45, 7) is 1.09. The van der Waals surface area contributed by atoms with Gasteiger partial charge in [0, 0.05) is 15.7 Å². The Morgan fingerprint density at radius 1 is 1.05 bits per heavy atom. The largest absolute Gasteiger partial charge is 0.486 e. The molecule has 0 bridgehead atoms. The summed E-state index contributed by atoms with van der Waals surface area (Å²) >= 11 is 8.43. The lowest BCUT2D eigenvalue weighted by Crippen LogP contribution is -2.15. The molecule has 0 saturated carbocycles. The third kappa shape index (κ3) is 2.73. The normalized spacial score (nSPS) is 13.1. The van der Waals surface area contributed by atoms with Crippen LogP contribution in [0.5, 0.6) is 11.5 Å². The highest BCUT2D eigenvalue weighted by atomic mass is 127. The summed E-state index contributed by atoms with van der Waals surface area (Å²) in [5.74, 6) is 1.36. The Hall–Kier alpha value is -1.34. The van der Waals surface area contributed by atoms with Gasteiger partial charge in [0.15, 0.2) is 11.5 Å². The first-order valence-corrected chi connectivity index (χ1v) is 7.50. The number of halogens is 2. The molecule has 0 saturated heterocycles. The van der Waals surface area contributed by atoms with Gasteiger partial charge in [-0.25, -0.2) is 0 Å². The summed E-state index contributed by atoms with van der Waals surface area (Å²) < 4.78 is 12.1. The van der Waals surface area contributed by atoms with Crippen LogP contribution >= 0.6 is 34.2 Å². The van der Waals surface area contributed by atoms with Crippen molar-refractivity contribution in [3.8, 4) is 11.5 Å². The molecule has 0 spiro atoms. The van der Waals surface area contributed by atoms with Gasteiger partial charge in [-0.3, -0.25) is 0 Å². The predicted octanol–water partition coefficient (Wildman–Crippen LogP) is 4.04. The van der Waals surface area contributed by atoms with Crippen LogP contribution in [0, 0.1) is 3.57 Å². The highest BCUT2D eigenvalue weighted by Gasteiger charge is 2.15. The van der Waals surface area contributed by atoms with Crippen LogP contribution in [0.25, 0.3) is 0 Å². The Balaban J connectivity index is 1.94. The molecular formula is C14H12ClIN2O2. The number of nitrogens with two attached hydrogens (primary N) is 1. The predicted molar refractivity (Wildman–Crippen MR) is 89.3 cm³/mol. The number of anilines is 3. The Kier molecular flexibility index (Phi) is 3.80. The van der Waals surface area contributed by atoms with E-state index < -0.39 is 0 Å². The quantitative estimate of drug-likeness (QED) is 0.588. The lowest BCUT2D eigenvalue weighted by molar-refractivity contribution is 0.172. The molecule has 3 N–H and O–H groups in total. The molecule has 2 aromatic carbocycles. The van der Waals surface area contributed by atoms with Gasteiger partial charge >= 0.3 is 0 Å². The van der Waals surface area contributed by atoms with E-state index in [4.69, 9.17) is 26.8 Å². The van der Waals surface area contributed by atoms with E-state index in [0.717, 1.165) is 14.9 Å². The average molecular weight is 403 g/mol. The maximum Gasteiger partial charge on any atom is 0.163 e. The number of fused-ring (bicyclic) bond motifs is 1. The fourth-order valence-corrected chi connectivity index (χ4v) is 2.85. The zero-order valence-corrected chi connectivity index (χ0v) is 13.4. The minimum atomic E-state index is 0.542. The Labute approximate surface area is 135 Å². The number of nitrogen functional groups attached to an aromatic ring is 1. The fraction of sp³-hybridized carbons (Fsp3) is 0.143. The van der Waals surface area contributed by atoms with E-state index in [-0.39, 0.29) is 0 Å². The van der Waals surface area contributed by atoms with Crippen molar-refractivity contribution in [2.75, 3.05) is 24.3 Å². The molecule has 0 radical (unpaired) electrons. The number of rotatable bonds is 2. The average Bonchev–Trinajstić information content (AvgIpc) is 2.42. The maximum absolute atomic E-state index is 6.21. The Morgan fingerprint density at radius 3 is 2.45 bits per heavy atom. The van der Waals surface area contributed by atoms with E-state index in [1.807, 2.05) is 24.3 Å². The first kappa shape index (κ1) is 13.6. The second-order valence-electron chi connectivity index (χ2n) is 4.33. The van der Waals surface area contributed by atoms with Gasteiger partial charge in [0.2, 0.25) is 0 Å². The summed E-state index contributed by atoms with van der Waals surface area (Å²) in [6, 6.07) is 9.37. The number of benzene rings is 2. The number of ether oxygens (including phenoxy) is 2. The number of hydrogen-bond donors (Lipinski definition) is 2.